The molecule has 2 amide bonds. The Morgan fingerprint density at radius 2 is 1.58 bits per heavy atom. The summed E-state index contributed by atoms with van der Waals surface area (Å²) in [6.07, 6.45) is 3.48. The van der Waals surface area contributed by atoms with Crippen molar-refractivity contribution in [1.29, 1.82) is 0 Å². The van der Waals surface area contributed by atoms with Gasteiger partial charge in [-0.25, -0.2) is 8.42 Å². The number of benzene rings is 2. The summed E-state index contributed by atoms with van der Waals surface area (Å²) < 4.78 is 26.4. The van der Waals surface area contributed by atoms with E-state index in [1.54, 1.807) is 30.3 Å². The van der Waals surface area contributed by atoms with E-state index in [-0.39, 0.29) is 43.8 Å². The van der Waals surface area contributed by atoms with Crippen molar-refractivity contribution in [2.24, 2.45) is 0 Å². The molecule has 0 spiro atoms. The van der Waals surface area contributed by atoms with Gasteiger partial charge in [0.15, 0.2) is 0 Å². The molecule has 0 aliphatic heterocycles. The number of hydrogen-bond donors (Lipinski definition) is 1. The Labute approximate surface area is 237 Å². The first-order valence-corrected chi connectivity index (χ1v) is 15.6. The lowest BCUT2D eigenvalue weighted by Gasteiger charge is -2.32. The first-order valence-electron chi connectivity index (χ1n) is 13.0. The van der Waals surface area contributed by atoms with Crippen LogP contribution in [-0.4, -0.2) is 50.0 Å². The molecule has 2 aromatic carbocycles. The molecule has 7 nitrogen and oxygen atoms in total. The van der Waals surface area contributed by atoms with Gasteiger partial charge in [0.25, 0.3) is 0 Å². The van der Waals surface area contributed by atoms with Crippen LogP contribution in [0.4, 0.5) is 5.69 Å². The van der Waals surface area contributed by atoms with Crippen LogP contribution in [-0.2, 0) is 32.6 Å². The number of carbonyl (C=O) groups is 2. The van der Waals surface area contributed by atoms with E-state index >= 15 is 0 Å². The van der Waals surface area contributed by atoms with Crippen molar-refractivity contribution in [3.8, 4) is 0 Å². The fourth-order valence-corrected chi connectivity index (χ4v) is 5.60. The number of aryl methyl sites for hydroxylation is 1. The number of rotatable bonds is 14. The molecule has 210 valence electrons. The first kappa shape index (κ1) is 31.9. The molecule has 2 atom stereocenters. The minimum absolute atomic E-state index is 0.0418. The van der Waals surface area contributed by atoms with Gasteiger partial charge in [-0.1, -0.05) is 62.2 Å². The summed E-state index contributed by atoms with van der Waals surface area (Å²) in [6, 6.07) is 11.7. The Morgan fingerprint density at radius 1 is 0.974 bits per heavy atom. The average Bonchev–Trinajstić information content (AvgIpc) is 2.87. The molecule has 0 unspecified atom stereocenters. The lowest BCUT2D eigenvalue weighted by atomic mass is 10.1. The normalized spacial score (nSPS) is 13.0. The molecule has 1 N–H and O–H groups in total. The van der Waals surface area contributed by atoms with Crippen LogP contribution in [0.2, 0.25) is 10.0 Å². The average molecular weight is 585 g/mol. The van der Waals surface area contributed by atoms with Gasteiger partial charge in [0.2, 0.25) is 21.8 Å². The summed E-state index contributed by atoms with van der Waals surface area (Å²) in [5.41, 5.74) is 2.22. The zero-order valence-electron chi connectivity index (χ0n) is 22.8. The van der Waals surface area contributed by atoms with E-state index < -0.39 is 16.1 Å². The van der Waals surface area contributed by atoms with Gasteiger partial charge in [-0.2, -0.15) is 0 Å². The summed E-state index contributed by atoms with van der Waals surface area (Å²) in [4.78, 5) is 28.2. The molecule has 0 bridgehead atoms. The minimum Gasteiger partial charge on any atom is -0.352 e. The second kappa shape index (κ2) is 14.8. The van der Waals surface area contributed by atoms with Crippen LogP contribution in [0, 0.1) is 0 Å². The molecule has 0 fully saturated rings. The largest absolute Gasteiger partial charge is 0.352 e. The van der Waals surface area contributed by atoms with Crippen molar-refractivity contribution in [3.05, 3.63) is 63.6 Å². The van der Waals surface area contributed by atoms with Crippen molar-refractivity contribution in [2.75, 3.05) is 17.1 Å². The summed E-state index contributed by atoms with van der Waals surface area (Å²) in [5, 5.41) is 3.79. The van der Waals surface area contributed by atoms with Gasteiger partial charge in [-0.3, -0.25) is 13.9 Å². The maximum absolute atomic E-state index is 13.6. The van der Waals surface area contributed by atoms with E-state index in [1.165, 1.54) is 9.21 Å². The predicted molar refractivity (Wildman–Crippen MR) is 156 cm³/mol. The van der Waals surface area contributed by atoms with E-state index in [0.29, 0.717) is 27.7 Å². The molecular formula is C28H39Cl2N3O4S. The first-order chi connectivity index (χ1) is 17.9. The molecule has 0 aliphatic carbocycles. The van der Waals surface area contributed by atoms with E-state index in [2.05, 4.69) is 5.32 Å². The monoisotopic (exact) mass is 583 g/mol. The molecule has 0 saturated carbocycles. The van der Waals surface area contributed by atoms with E-state index in [1.807, 2.05) is 39.8 Å². The fraction of sp³-hybridized carbons (Fsp3) is 0.500. The number of hydrogen-bond acceptors (Lipinski definition) is 4. The van der Waals surface area contributed by atoms with Crippen LogP contribution < -0.4 is 9.62 Å². The van der Waals surface area contributed by atoms with Gasteiger partial charge >= 0.3 is 0 Å². The highest BCUT2D eigenvalue weighted by atomic mass is 35.5. The molecule has 0 saturated heterocycles. The van der Waals surface area contributed by atoms with Gasteiger partial charge in [-0.15, -0.1) is 0 Å². The third-order valence-corrected chi connectivity index (χ3v) is 8.46. The highest BCUT2D eigenvalue weighted by Crippen LogP contribution is 2.28. The summed E-state index contributed by atoms with van der Waals surface area (Å²) in [7, 11) is -3.56. The summed E-state index contributed by atoms with van der Waals surface area (Å²) >= 11 is 12.8. The van der Waals surface area contributed by atoms with Gasteiger partial charge < -0.3 is 10.2 Å². The van der Waals surface area contributed by atoms with Crippen molar-refractivity contribution < 1.29 is 18.0 Å². The Balaban J connectivity index is 2.27. The van der Waals surface area contributed by atoms with Crippen LogP contribution in [0.5, 0.6) is 0 Å². The maximum atomic E-state index is 13.6. The zero-order valence-corrected chi connectivity index (χ0v) is 25.2. The molecule has 0 radical (unpaired) electrons. The Kier molecular flexibility index (Phi) is 12.4. The van der Waals surface area contributed by atoms with Crippen molar-refractivity contribution in [3.63, 3.8) is 0 Å². The number of nitrogens with zero attached hydrogens (tertiary/aromatic N) is 2. The molecule has 38 heavy (non-hydrogen) atoms. The van der Waals surface area contributed by atoms with Gasteiger partial charge in [0.1, 0.15) is 6.04 Å². The van der Waals surface area contributed by atoms with Gasteiger partial charge in [-0.05, 0) is 62.4 Å². The van der Waals surface area contributed by atoms with Crippen molar-refractivity contribution in [2.45, 2.75) is 78.4 Å². The lowest BCUT2D eigenvalue weighted by molar-refractivity contribution is -0.141. The van der Waals surface area contributed by atoms with Crippen LogP contribution in [0.1, 0.15) is 64.5 Å². The molecule has 0 aromatic heterocycles. The Bertz CT molecular complexity index is 1170. The second-order valence-electron chi connectivity index (χ2n) is 9.42. The summed E-state index contributed by atoms with van der Waals surface area (Å²) in [6.45, 7) is 7.96. The van der Waals surface area contributed by atoms with E-state index in [9.17, 15) is 18.0 Å². The third kappa shape index (κ3) is 8.89. The third-order valence-electron chi connectivity index (χ3n) is 6.56. The predicted octanol–water partition coefficient (Wildman–Crippen LogP) is 5.82. The van der Waals surface area contributed by atoms with Crippen LogP contribution in [0.15, 0.2) is 42.5 Å². The Hall–Kier alpha value is -2.29. The van der Waals surface area contributed by atoms with Crippen LogP contribution in [0.25, 0.3) is 0 Å². The smallest absolute Gasteiger partial charge is 0.243 e. The second-order valence-corrected chi connectivity index (χ2v) is 12.1. The number of sulfonamides is 1. The highest BCUT2D eigenvalue weighted by molar-refractivity contribution is 7.92. The van der Waals surface area contributed by atoms with Crippen LogP contribution in [0.3, 0.4) is 0 Å². The molecular weight excluding hydrogens is 545 g/mol. The number of carbonyl (C=O) groups excluding carboxylic acids is 2. The number of anilines is 1. The van der Waals surface area contributed by atoms with Crippen LogP contribution >= 0.6 is 23.2 Å². The number of nitrogens with one attached hydrogen (secondary N) is 1. The fourth-order valence-electron chi connectivity index (χ4n) is 4.12. The number of amides is 2. The molecule has 2 aromatic rings. The Morgan fingerprint density at radius 3 is 2.08 bits per heavy atom. The van der Waals surface area contributed by atoms with Crippen molar-refractivity contribution >= 4 is 50.7 Å². The molecule has 10 heteroatoms. The number of halogens is 2. The highest BCUT2D eigenvalue weighted by Gasteiger charge is 2.30. The SMILES string of the molecule is CCc1ccc(N(CCCC(=O)N(Cc2c(Cl)cccc2Cl)[C@H](CC)C(=O)N[C@H](C)CC)S(C)(=O)=O)cc1. The molecule has 0 heterocycles. The van der Waals surface area contributed by atoms with E-state index in [4.69, 9.17) is 23.2 Å². The van der Waals surface area contributed by atoms with Crippen molar-refractivity contribution in [1.82, 2.24) is 10.2 Å². The zero-order chi connectivity index (χ0) is 28.5. The maximum Gasteiger partial charge on any atom is 0.243 e. The topological polar surface area (TPSA) is 86.8 Å². The minimum atomic E-state index is -3.56. The lowest BCUT2D eigenvalue weighted by Crippen LogP contribution is -2.50. The molecule has 2 rings (SSSR count). The van der Waals surface area contributed by atoms with E-state index in [0.717, 1.165) is 24.7 Å². The molecule has 0 aliphatic rings. The van der Waals surface area contributed by atoms with Gasteiger partial charge in [0, 0.05) is 41.2 Å². The quantitative estimate of drug-likeness (QED) is 0.303. The van der Waals surface area contributed by atoms with Gasteiger partial charge in [0.05, 0.1) is 11.9 Å². The standard InChI is InChI=1S/C28H39Cl2N3O4S/c1-6-20(4)31-28(35)26(8-3)32(19-23-24(29)11-9-12-25(23)30)27(34)13-10-18-33(38(5,36)37)22-16-14-21(7-2)15-17-22/h9,11-12,14-17,20,26H,6-8,10,13,18-19H2,1-5H3,(H,31,35)/t20-,26-/m1/s1. The summed E-state index contributed by atoms with van der Waals surface area (Å²) in [5.74, 6) is -0.519.